The maximum atomic E-state index is 12.3. The Bertz CT molecular complexity index is 444. The molecule has 7 heteroatoms. The van der Waals surface area contributed by atoms with Crippen LogP contribution in [0.1, 0.15) is 18.5 Å². The summed E-state index contributed by atoms with van der Waals surface area (Å²) >= 11 is 0. The minimum Gasteiger partial charge on any atom is -0.434 e. The molecular formula is C14H20F2N2O3. The molecule has 0 aliphatic heterocycles. The van der Waals surface area contributed by atoms with Crippen LogP contribution in [0.25, 0.3) is 0 Å². The van der Waals surface area contributed by atoms with Gasteiger partial charge in [-0.15, -0.1) is 0 Å². The molecule has 0 radical (unpaired) electrons. The first-order valence-corrected chi connectivity index (χ1v) is 6.57. The second-order valence-electron chi connectivity index (χ2n) is 4.36. The first-order valence-electron chi connectivity index (χ1n) is 6.57. The third-order valence-corrected chi connectivity index (χ3v) is 2.80. The number of alkyl halides is 2. The number of carbonyl (C=O) groups excluding carboxylic acids is 1. The summed E-state index contributed by atoms with van der Waals surface area (Å²) < 4.78 is 33.9. The van der Waals surface area contributed by atoms with E-state index in [1.54, 1.807) is 32.2 Å². The van der Waals surface area contributed by atoms with Crippen molar-refractivity contribution in [2.45, 2.75) is 19.6 Å². The molecule has 1 aromatic rings. The molecule has 5 nitrogen and oxygen atoms in total. The largest absolute Gasteiger partial charge is 0.434 e. The van der Waals surface area contributed by atoms with Crippen molar-refractivity contribution in [2.24, 2.45) is 0 Å². The number of ether oxygens (including phenoxy) is 2. The lowest BCUT2D eigenvalue weighted by Crippen LogP contribution is -2.36. The van der Waals surface area contributed by atoms with Gasteiger partial charge in [-0.1, -0.05) is 18.2 Å². The van der Waals surface area contributed by atoms with E-state index in [2.05, 4.69) is 15.4 Å². The van der Waals surface area contributed by atoms with Crippen LogP contribution in [0.5, 0.6) is 5.75 Å². The average Bonchev–Trinajstić information content (AvgIpc) is 2.45. The molecule has 21 heavy (non-hydrogen) atoms. The quantitative estimate of drug-likeness (QED) is 0.682. The van der Waals surface area contributed by atoms with Crippen molar-refractivity contribution in [2.75, 3.05) is 26.8 Å². The molecule has 0 spiro atoms. The molecule has 0 saturated heterocycles. The summed E-state index contributed by atoms with van der Waals surface area (Å²) in [6.07, 6.45) is 0. The topological polar surface area (TPSA) is 59.6 Å². The molecule has 0 aromatic heterocycles. The maximum Gasteiger partial charge on any atom is 0.387 e. The number of hydrogen-bond donors (Lipinski definition) is 2. The van der Waals surface area contributed by atoms with Crippen molar-refractivity contribution >= 4 is 5.91 Å². The summed E-state index contributed by atoms with van der Waals surface area (Å²) in [5.41, 5.74) is 0.572. The van der Waals surface area contributed by atoms with Crippen molar-refractivity contribution in [1.82, 2.24) is 10.6 Å². The summed E-state index contributed by atoms with van der Waals surface area (Å²) in [4.78, 5) is 11.5. The Morgan fingerprint density at radius 3 is 2.71 bits per heavy atom. The lowest BCUT2D eigenvalue weighted by Gasteiger charge is -2.17. The van der Waals surface area contributed by atoms with E-state index >= 15 is 0 Å². The Balaban J connectivity index is 2.51. The van der Waals surface area contributed by atoms with Crippen LogP contribution in [-0.2, 0) is 9.53 Å². The molecule has 1 atom stereocenters. The lowest BCUT2D eigenvalue weighted by molar-refractivity contribution is -0.120. The smallest absolute Gasteiger partial charge is 0.387 e. The fourth-order valence-electron chi connectivity index (χ4n) is 1.75. The van der Waals surface area contributed by atoms with Crippen LogP contribution in [-0.4, -0.2) is 39.3 Å². The van der Waals surface area contributed by atoms with Gasteiger partial charge < -0.3 is 20.1 Å². The molecule has 0 heterocycles. The normalized spacial score (nSPS) is 12.2. The zero-order valence-corrected chi connectivity index (χ0v) is 12.1. The summed E-state index contributed by atoms with van der Waals surface area (Å²) in [6.45, 7) is -0.164. The summed E-state index contributed by atoms with van der Waals surface area (Å²) in [5, 5.41) is 5.62. The molecule has 1 rings (SSSR count). The van der Waals surface area contributed by atoms with E-state index in [0.717, 1.165) is 0 Å². The number of carbonyl (C=O) groups is 1. The molecule has 1 unspecified atom stereocenters. The van der Waals surface area contributed by atoms with Gasteiger partial charge in [-0.2, -0.15) is 8.78 Å². The summed E-state index contributed by atoms with van der Waals surface area (Å²) in [5.74, 6) is -0.0848. The highest BCUT2D eigenvalue weighted by Gasteiger charge is 2.14. The molecule has 118 valence electrons. The molecule has 0 bridgehead atoms. The summed E-state index contributed by atoms with van der Waals surface area (Å²) in [6, 6.07) is 6.19. The van der Waals surface area contributed by atoms with Crippen molar-refractivity contribution in [3.63, 3.8) is 0 Å². The molecule has 1 aromatic carbocycles. The maximum absolute atomic E-state index is 12.3. The van der Waals surface area contributed by atoms with E-state index < -0.39 is 6.61 Å². The van der Waals surface area contributed by atoms with Crippen LogP contribution in [0.2, 0.25) is 0 Å². The predicted octanol–water partition coefficient (Wildman–Crippen LogP) is 1.70. The standard InChI is InChI=1S/C14H20F2N2O3/c1-10(18-9-13(19)17-7-8-20-2)11-5-3-4-6-12(11)21-14(15)16/h3-6,10,14,18H,7-9H2,1-2H3,(H,17,19). The SMILES string of the molecule is COCCNC(=O)CNC(C)c1ccccc1OC(F)F. The Kier molecular flexibility index (Phi) is 7.63. The second kappa shape index (κ2) is 9.25. The van der Waals surface area contributed by atoms with Gasteiger partial charge in [-0.3, -0.25) is 4.79 Å². The van der Waals surface area contributed by atoms with E-state index in [4.69, 9.17) is 4.74 Å². The van der Waals surface area contributed by atoms with Crippen LogP contribution in [0.15, 0.2) is 24.3 Å². The van der Waals surface area contributed by atoms with Gasteiger partial charge in [0.2, 0.25) is 5.91 Å². The van der Waals surface area contributed by atoms with Crippen LogP contribution in [0.4, 0.5) is 8.78 Å². The van der Waals surface area contributed by atoms with E-state index in [1.165, 1.54) is 6.07 Å². The van der Waals surface area contributed by atoms with Crippen molar-refractivity contribution in [3.05, 3.63) is 29.8 Å². The van der Waals surface area contributed by atoms with Crippen LogP contribution in [0, 0.1) is 0 Å². The first-order chi connectivity index (χ1) is 10.0. The van der Waals surface area contributed by atoms with Crippen molar-refractivity contribution in [1.29, 1.82) is 0 Å². The Hall–Kier alpha value is -1.73. The number of benzene rings is 1. The molecule has 1 amide bonds. The van der Waals surface area contributed by atoms with Crippen LogP contribution in [0.3, 0.4) is 0 Å². The van der Waals surface area contributed by atoms with Gasteiger partial charge in [0, 0.05) is 25.3 Å². The van der Waals surface area contributed by atoms with Gasteiger partial charge in [0.15, 0.2) is 0 Å². The second-order valence-corrected chi connectivity index (χ2v) is 4.36. The third-order valence-electron chi connectivity index (χ3n) is 2.80. The van der Waals surface area contributed by atoms with Crippen LogP contribution >= 0.6 is 0 Å². The zero-order chi connectivity index (χ0) is 15.7. The molecular weight excluding hydrogens is 282 g/mol. The molecule has 0 aliphatic carbocycles. The number of methoxy groups -OCH3 is 1. The monoisotopic (exact) mass is 302 g/mol. The van der Waals surface area contributed by atoms with E-state index in [9.17, 15) is 13.6 Å². The van der Waals surface area contributed by atoms with Crippen molar-refractivity contribution in [3.8, 4) is 5.75 Å². The molecule has 0 saturated carbocycles. The number of para-hydroxylation sites is 1. The van der Waals surface area contributed by atoms with Crippen LogP contribution < -0.4 is 15.4 Å². The molecule has 2 N–H and O–H groups in total. The number of rotatable bonds is 9. The zero-order valence-electron chi connectivity index (χ0n) is 12.1. The molecule has 0 aliphatic rings. The first kappa shape index (κ1) is 17.3. The Morgan fingerprint density at radius 1 is 1.33 bits per heavy atom. The average molecular weight is 302 g/mol. The Morgan fingerprint density at radius 2 is 2.05 bits per heavy atom. The van der Waals surface area contributed by atoms with Gasteiger partial charge in [-0.05, 0) is 13.0 Å². The van der Waals surface area contributed by atoms with Crippen molar-refractivity contribution < 1.29 is 23.0 Å². The minimum atomic E-state index is -2.88. The highest BCUT2D eigenvalue weighted by molar-refractivity contribution is 5.78. The van der Waals surface area contributed by atoms with E-state index in [1.807, 2.05) is 0 Å². The summed E-state index contributed by atoms with van der Waals surface area (Å²) in [7, 11) is 1.55. The predicted molar refractivity (Wildman–Crippen MR) is 74.4 cm³/mol. The van der Waals surface area contributed by atoms with E-state index in [-0.39, 0.29) is 24.2 Å². The number of amides is 1. The highest BCUT2D eigenvalue weighted by Crippen LogP contribution is 2.25. The third kappa shape index (κ3) is 6.50. The Labute approximate surface area is 122 Å². The van der Waals surface area contributed by atoms with Gasteiger partial charge in [-0.25, -0.2) is 0 Å². The number of halogens is 2. The molecule has 0 fully saturated rings. The highest BCUT2D eigenvalue weighted by atomic mass is 19.3. The van der Waals surface area contributed by atoms with Gasteiger partial charge in [0.1, 0.15) is 5.75 Å². The van der Waals surface area contributed by atoms with Gasteiger partial charge in [0.25, 0.3) is 0 Å². The number of hydrogen-bond acceptors (Lipinski definition) is 4. The fourth-order valence-corrected chi connectivity index (χ4v) is 1.75. The number of nitrogens with one attached hydrogen (secondary N) is 2. The van der Waals surface area contributed by atoms with Gasteiger partial charge >= 0.3 is 6.61 Å². The van der Waals surface area contributed by atoms with Gasteiger partial charge in [0.05, 0.1) is 13.2 Å². The lowest BCUT2D eigenvalue weighted by atomic mass is 10.1. The minimum absolute atomic E-state index is 0.0773. The van der Waals surface area contributed by atoms with E-state index in [0.29, 0.717) is 18.7 Å². The fraction of sp³-hybridized carbons (Fsp3) is 0.500.